The molecule has 0 saturated carbocycles. The zero-order valence-corrected chi connectivity index (χ0v) is 11.5. The standard InChI is InChI=1S/C14H13IO2/c15-12-5-4-8-14(11-12)17-10-9-16-13-6-2-1-3-7-13/h1-8,11H,9-10H2. The van der Waals surface area contributed by atoms with Gasteiger partial charge in [0, 0.05) is 3.57 Å². The molecule has 0 fully saturated rings. The molecule has 0 atom stereocenters. The first-order valence-electron chi connectivity index (χ1n) is 5.41. The summed E-state index contributed by atoms with van der Waals surface area (Å²) in [4.78, 5) is 0. The second-order valence-electron chi connectivity index (χ2n) is 3.47. The Balaban J connectivity index is 1.73. The van der Waals surface area contributed by atoms with Crippen LogP contribution in [0.1, 0.15) is 0 Å². The predicted molar refractivity (Wildman–Crippen MR) is 76.6 cm³/mol. The minimum Gasteiger partial charge on any atom is -0.490 e. The quantitative estimate of drug-likeness (QED) is 0.610. The van der Waals surface area contributed by atoms with Gasteiger partial charge in [0.1, 0.15) is 24.7 Å². The first-order valence-corrected chi connectivity index (χ1v) is 6.49. The molecule has 0 saturated heterocycles. The van der Waals surface area contributed by atoms with Gasteiger partial charge in [-0.25, -0.2) is 0 Å². The summed E-state index contributed by atoms with van der Waals surface area (Å²) in [7, 11) is 0. The zero-order valence-electron chi connectivity index (χ0n) is 9.30. The lowest BCUT2D eigenvalue weighted by molar-refractivity contribution is 0.217. The number of halogens is 1. The third kappa shape index (κ3) is 4.26. The molecule has 88 valence electrons. The van der Waals surface area contributed by atoms with Gasteiger partial charge in [0.2, 0.25) is 0 Å². The van der Waals surface area contributed by atoms with Crippen LogP contribution in [0, 0.1) is 3.57 Å². The van der Waals surface area contributed by atoms with E-state index in [0.29, 0.717) is 13.2 Å². The summed E-state index contributed by atoms with van der Waals surface area (Å²) in [5.74, 6) is 1.76. The van der Waals surface area contributed by atoms with E-state index in [1.54, 1.807) is 0 Å². The SMILES string of the molecule is Ic1cccc(OCCOc2ccccc2)c1. The van der Waals surface area contributed by atoms with Gasteiger partial charge < -0.3 is 9.47 Å². The molecule has 2 aromatic carbocycles. The summed E-state index contributed by atoms with van der Waals surface area (Å²) < 4.78 is 12.3. The van der Waals surface area contributed by atoms with Crippen LogP contribution in [0.5, 0.6) is 11.5 Å². The molecule has 0 heterocycles. The lowest BCUT2D eigenvalue weighted by Gasteiger charge is -2.08. The van der Waals surface area contributed by atoms with Crippen LogP contribution < -0.4 is 9.47 Å². The minimum atomic E-state index is 0.551. The highest BCUT2D eigenvalue weighted by Gasteiger charge is 1.95. The molecule has 0 N–H and O–H groups in total. The van der Waals surface area contributed by atoms with E-state index in [4.69, 9.17) is 9.47 Å². The second kappa shape index (κ2) is 6.49. The molecule has 2 nitrogen and oxygen atoms in total. The molecule has 0 unspecified atom stereocenters. The smallest absolute Gasteiger partial charge is 0.122 e. The van der Waals surface area contributed by atoms with Crippen LogP contribution in [0.4, 0.5) is 0 Å². The van der Waals surface area contributed by atoms with Crippen molar-refractivity contribution < 1.29 is 9.47 Å². The van der Waals surface area contributed by atoms with E-state index in [1.165, 1.54) is 3.57 Å². The average Bonchev–Trinajstić information content (AvgIpc) is 2.36. The maximum atomic E-state index is 5.58. The topological polar surface area (TPSA) is 18.5 Å². The van der Waals surface area contributed by atoms with Gasteiger partial charge in [0.05, 0.1) is 0 Å². The van der Waals surface area contributed by atoms with Crippen molar-refractivity contribution in [1.82, 2.24) is 0 Å². The van der Waals surface area contributed by atoms with Gasteiger partial charge in [-0.15, -0.1) is 0 Å². The van der Waals surface area contributed by atoms with E-state index in [1.807, 2.05) is 54.6 Å². The Morgan fingerprint density at radius 2 is 1.41 bits per heavy atom. The van der Waals surface area contributed by atoms with Crippen molar-refractivity contribution in [3.05, 3.63) is 58.2 Å². The van der Waals surface area contributed by atoms with Gasteiger partial charge in [0.25, 0.3) is 0 Å². The molecular formula is C14H13IO2. The summed E-state index contributed by atoms with van der Waals surface area (Å²) in [5.41, 5.74) is 0. The van der Waals surface area contributed by atoms with Crippen molar-refractivity contribution in [1.29, 1.82) is 0 Å². The highest BCUT2D eigenvalue weighted by atomic mass is 127. The summed E-state index contributed by atoms with van der Waals surface area (Å²) in [5, 5.41) is 0. The van der Waals surface area contributed by atoms with E-state index in [-0.39, 0.29) is 0 Å². The zero-order chi connectivity index (χ0) is 11.9. The second-order valence-corrected chi connectivity index (χ2v) is 4.71. The molecule has 17 heavy (non-hydrogen) atoms. The van der Waals surface area contributed by atoms with Crippen molar-refractivity contribution in [3.63, 3.8) is 0 Å². The largest absolute Gasteiger partial charge is 0.490 e. The maximum Gasteiger partial charge on any atom is 0.122 e. The fourth-order valence-corrected chi connectivity index (χ4v) is 1.91. The molecule has 0 amide bonds. The third-order valence-electron chi connectivity index (χ3n) is 2.16. The molecule has 3 heteroatoms. The average molecular weight is 340 g/mol. The fraction of sp³-hybridized carbons (Fsp3) is 0.143. The lowest BCUT2D eigenvalue weighted by Crippen LogP contribution is -2.08. The third-order valence-corrected chi connectivity index (χ3v) is 2.83. The van der Waals surface area contributed by atoms with Crippen molar-refractivity contribution in [3.8, 4) is 11.5 Å². The van der Waals surface area contributed by atoms with Crippen molar-refractivity contribution >= 4 is 22.6 Å². The molecule has 0 aliphatic heterocycles. The normalized spacial score (nSPS) is 9.94. The predicted octanol–water partition coefficient (Wildman–Crippen LogP) is 3.75. The Morgan fingerprint density at radius 1 is 0.765 bits per heavy atom. The molecule has 0 bridgehead atoms. The number of para-hydroxylation sites is 1. The summed E-state index contributed by atoms with van der Waals surface area (Å²) in [6.45, 7) is 1.10. The first kappa shape index (κ1) is 12.2. The van der Waals surface area contributed by atoms with Gasteiger partial charge in [-0.05, 0) is 52.9 Å². The van der Waals surface area contributed by atoms with Gasteiger partial charge in [-0.2, -0.15) is 0 Å². The number of hydrogen-bond acceptors (Lipinski definition) is 2. The van der Waals surface area contributed by atoms with Crippen LogP contribution in [0.2, 0.25) is 0 Å². The Kier molecular flexibility index (Phi) is 4.67. The molecule has 0 spiro atoms. The van der Waals surface area contributed by atoms with Crippen LogP contribution in [0.3, 0.4) is 0 Å². The highest BCUT2D eigenvalue weighted by Crippen LogP contribution is 2.14. The Hall–Kier alpha value is -1.23. The monoisotopic (exact) mass is 340 g/mol. The van der Waals surface area contributed by atoms with E-state index < -0.39 is 0 Å². The Bertz CT molecular complexity index is 457. The van der Waals surface area contributed by atoms with Crippen LogP contribution in [0.15, 0.2) is 54.6 Å². The molecule has 0 aromatic heterocycles. The molecule has 0 radical (unpaired) electrons. The number of rotatable bonds is 5. The van der Waals surface area contributed by atoms with Crippen molar-refractivity contribution in [2.45, 2.75) is 0 Å². The Labute approximate surface area is 115 Å². The van der Waals surface area contributed by atoms with Gasteiger partial charge in [-0.1, -0.05) is 24.3 Å². The highest BCUT2D eigenvalue weighted by molar-refractivity contribution is 14.1. The van der Waals surface area contributed by atoms with Crippen LogP contribution in [-0.2, 0) is 0 Å². The van der Waals surface area contributed by atoms with E-state index >= 15 is 0 Å². The molecule has 0 aliphatic rings. The van der Waals surface area contributed by atoms with Crippen LogP contribution >= 0.6 is 22.6 Å². The van der Waals surface area contributed by atoms with E-state index in [0.717, 1.165) is 11.5 Å². The van der Waals surface area contributed by atoms with E-state index in [2.05, 4.69) is 22.6 Å². The molecule has 2 aromatic rings. The minimum absolute atomic E-state index is 0.551. The number of hydrogen-bond donors (Lipinski definition) is 0. The fourth-order valence-electron chi connectivity index (χ4n) is 1.39. The molecule has 0 aliphatic carbocycles. The Morgan fingerprint density at radius 3 is 2.12 bits per heavy atom. The molecular weight excluding hydrogens is 327 g/mol. The summed E-state index contributed by atoms with van der Waals surface area (Å²) in [6, 6.07) is 17.7. The van der Waals surface area contributed by atoms with Crippen molar-refractivity contribution in [2.24, 2.45) is 0 Å². The first-order chi connectivity index (χ1) is 8.34. The lowest BCUT2D eigenvalue weighted by atomic mass is 10.3. The summed E-state index contributed by atoms with van der Waals surface area (Å²) in [6.07, 6.45) is 0. The maximum absolute atomic E-state index is 5.58. The molecule has 2 rings (SSSR count). The van der Waals surface area contributed by atoms with Gasteiger partial charge in [0.15, 0.2) is 0 Å². The number of ether oxygens (including phenoxy) is 2. The van der Waals surface area contributed by atoms with Gasteiger partial charge in [-0.3, -0.25) is 0 Å². The van der Waals surface area contributed by atoms with Gasteiger partial charge >= 0.3 is 0 Å². The van der Waals surface area contributed by atoms with Crippen LogP contribution in [0.25, 0.3) is 0 Å². The van der Waals surface area contributed by atoms with Crippen LogP contribution in [-0.4, -0.2) is 13.2 Å². The van der Waals surface area contributed by atoms with E-state index in [9.17, 15) is 0 Å². The van der Waals surface area contributed by atoms with Crippen molar-refractivity contribution in [2.75, 3.05) is 13.2 Å². The number of benzene rings is 2. The summed E-state index contributed by atoms with van der Waals surface area (Å²) >= 11 is 2.26.